The lowest BCUT2D eigenvalue weighted by Crippen LogP contribution is -1.94. The van der Waals surface area contributed by atoms with Gasteiger partial charge in [0.05, 0.1) is 0 Å². The number of hydrogen-bond acceptors (Lipinski definition) is 3. The van der Waals surface area contributed by atoms with Gasteiger partial charge in [-0.2, -0.15) is 0 Å². The standard InChI is InChI=1S/F6HO3PS/c1-7-10(8-2,9-3)11(4,5)6/h11H. The minimum atomic E-state index is -6.84. The zero-order valence-corrected chi connectivity index (χ0v) is 6.18. The van der Waals surface area contributed by atoms with Gasteiger partial charge < -0.3 is 0 Å². The van der Waals surface area contributed by atoms with E-state index in [0.29, 0.717) is 0 Å². The predicted octanol–water partition coefficient (Wildman–Crippen LogP) is 2.91. The van der Waals surface area contributed by atoms with Crippen LogP contribution < -0.4 is 0 Å². The Kier molecular flexibility index (Phi) is 3.85. The molecule has 0 aliphatic carbocycles. The highest BCUT2D eigenvalue weighted by Gasteiger charge is 2.39. The maximum absolute atomic E-state index is 11.4. The van der Waals surface area contributed by atoms with Crippen molar-refractivity contribution in [3.8, 4) is 0 Å². The molecule has 0 atom stereocenters. The third-order valence-electron chi connectivity index (χ3n) is 0.539. The fourth-order valence-electron chi connectivity index (χ4n) is 0.137. The maximum Gasteiger partial charge on any atom is 0.441 e. The minimum absolute atomic E-state index is 1.94. The minimum Gasteiger partial charge on any atom is -0.132 e. The molecule has 11 heavy (non-hydrogen) atoms. The zero-order chi connectivity index (χ0) is 9.12. The third-order valence-corrected chi connectivity index (χ3v) is 3.84. The van der Waals surface area contributed by atoms with Crippen LogP contribution in [-0.4, -0.2) is 0 Å². The molecule has 3 nitrogen and oxygen atoms in total. The molecule has 0 spiro atoms. The number of halogens is 6. The van der Waals surface area contributed by atoms with Gasteiger partial charge in [-0.3, -0.25) is 0 Å². The van der Waals surface area contributed by atoms with Crippen LogP contribution in [0.1, 0.15) is 0 Å². The zero-order valence-electron chi connectivity index (χ0n) is 4.39. The Morgan fingerprint density at radius 1 is 0.818 bits per heavy atom. The van der Waals surface area contributed by atoms with E-state index >= 15 is 0 Å². The molecule has 0 bridgehead atoms. The second kappa shape index (κ2) is 3.76. The van der Waals surface area contributed by atoms with Crippen LogP contribution in [-0.2, 0) is 24.5 Å². The Hall–Kier alpha value is 0.240. The van der Waals surface area contributed by atoms with Crippen LogP contribution in [0.2, 0.25) is 0 Å². The topological polar surface area (TPSA) is 27.7 Å². The maximum atomic E-state index is 11.4. The highest BCUT2D eigenvalue weighted by Crippen LogP contribution is 2.62. The lowest BCUT2D eigenvalue weighted by molar-refractivity contribution is -0.144. The first-order chi connectivity index (χ1) is 4.93. The number of thiol groups is 1. The van der Waals surface area contributed by atoms with Gasteiger partial charge in [-0.05, 0) is 13.6 Å². The summed E-state index contributed by atoms with van der Waals surface area (Å²) in [6, 6.07) is 0. The predicted molar refractivity (Wildman–Crippen MR) is 25.6 cm³/mol. The largest absolute Gasteiger partial charge is 0.441 e. The smallest absolute Gasteiger partial charge is 0.132 e. The van der Waals surface area contributed by atoms with E-state index in [1.807, 2.05) is 14.2 Å². The Morgan fingerprint density at radius 2 is 1.09 bits per heavy atom. The van der Waals surface area contributed by atoms with Crippen molar-refractivity contribution in [2.45, 2.75) is 0 Å². The molecule has 0 aromatic heterocycles. The Labute approximate surface area is 57.6 Å². The van der Waals surface area contributed by atoms with Crippen LogP contribution in [0.5, 0.6) is 0 Å². The third kappa shape index (κ3) is 2.09. The number of hydrogen-bond donors (Lipinski definition) is 1. The SMILES string of the molecule is FOP(OF)(OF)=[SH](F)(F)F. The van der Waals surface area contributed by atoms with E-state index in [2.05, 4.69) is 0 Å². The summed E-state index contributed by atoms with van der Waals surface area (Å²) in [6.07, 6.45) is 0. The van der Waals surface area contributed by atoms with Crippen molar-refractivity contribution in [3.63, 3.8) is 0 Å². The summed E-state index contributed by atoms with van der Waals surface area (Å²) in [5.74, 6) is 0. The lowest BCUT2D eigenvalue weighted by atomic mass is 15.5. The molecule has 0 unspecified atom stereocenters. The molecule has 11 heteroatoms. The quantitative estimate of drug-likeness (QED) is 0.455. The van der Waals surface area contributed by atoms with Crippen LogP contribution in [0.4, 0.5) is 25.2 Å². The summed E-state index contributed by atoms with van der Waals surface area (Å²) < 4.78 is 73.0. The van der Waals surface area contributed by atoms with Gasteiger partial charge in [-0.15, -0.1) is 25.8 Å². The summed E-state index contributed by atoms with van der Waals surface area (Å²) in [6.45, 7) is -6.01. The van der Waals surface area contributed by atoms with Crippen LogP contribution in [0.25, 0.3) is 0 Å². The summed E-state index contributed by atoms with van der Waals surface area (Å²) >= 11 is 0. The Morgan fingerprint density at radius 3 is 1.09 bits per heavy atom. The van der Waals surface area contributed by atoms with E-state index in [0.717, 1.165) is 0 Å². The molecular weight excluding hydrogens is 225 g/mol. The highest BCUT2D eigenvalue weighted by atomic mass is 32.6. The van der Waals surface area contributed by atoms with Gasteiger partial charge >= 0.3 is 6.72 Å². The van der Waals surface area contributed by atoms with Crippen molar-refractivity contribution < 1.29 is 39.4 Å². The number of rotatable bonds is 3. The van der Waals surface area contributed by atoms with E-state index in [1.165, 1.54) is 0 Å². The molecule has 0 aliphatic heterocycles. The van der Waals surface area contributed by atoms with Gasteiger partial charge in [-0.1, -0.05) is 0 Å². The molecule has 72 valence electrons. The average molecular weight is 226 g/mol. The molecule has 0 heterocycles. The monoisotopic (exact) mass is 226 g/mol. The first kappa shape index (κ1) is 11.2. The molecule has 0 saturated heterocycles. The van der Waals surface area contributed by atoms with Gasteiger partial charge in [0.25, 0.3) is 0 Å². The van der Waals surface area contributed by atoms with E-state index in [4.69, 9.17) is 0 Å². The molecule has 0 amide bonds. The average Bonchev–Trinajstić information content (AvgIpc) is 1.90. The fraction of sp³-hybridized carbons (Fsp3) is 0. The summed E-state index contributed by atoms with van der Waals surface area (Å²) in [7, 11) is -6.84. The van der Waals surface area contributed by atoms with Gasteiger partial charge in [0, 0.05) is 0 Å². The fourth-order valence-corrected chi connectivity index (χ4v) is 1.04. The normalized spacial score (nSPS) is 15.1. The molecule has 0 saturated carbocycles. The molecular formula is HF6O3PS. The first-order valence-electron chi connectivity index (χ1n) is 1.72. The second-order valence-corrected chi connectivity index (χ2v) is 6.11. The lowest BCUT2D eigenvalue weighted by Gasteiger charge is -2.12. The van der Waals surface area contributed by atoms with Crippen LogP contribution in [0.15, 0.2) is 0 Å². The molecule has 0 aromatic rings. The summed E-state index contributed by atoms with van der Waals surface area (Å²) in [5.41, 5.74) is 0. The molecule has 0 aromatic carbocycles. The molecule has 0 N–H and O–H groups in total. The van der Waals surface area contributed by atoms with Gasteiger partial charge in [0.1, 0.15) is 0 Å². The first-order valence-corrected chi connectivity index (χ1v) is 5.43. The summed E-state index contributed by atoms with van der Waals surface area (Å²) in [5, 5.41) is 0. The van der Waals surface area contributed by atoms with E-state index in [1.54, 1.807) is 0 Å². The molecule has 0 aliphatic rings. The highest BCUT2D eigenvalue weighted by molar-refractivity contribution is 8.30. The van der Waals surface area contributed by atoms with Crippen molar-refractivity contribution in [2.24, 2.45) is 0 Å². The molecule has 0 radical (unpaired) electrons. The van der Waals surface area contributed by atoms with Crippen molar-refractivity contribution in [3.05, 3.63) is 0 Å². The van der Waals surface area contributed by atoms with Crippen molar-refractivity contribution in [2.75, 3.05) is 0 Å². The van der Waals surface area contributed by atoms with Gasteiger partial charge in [-0.25, -0.2) is 0 Å². The van der Waals surface area contributed by atoms with Crippen molar-refractivity contribution in [1.82, 2.24) is 0 Å². The van der Waals surface area contributed by atoms with E-state index < -0.39 is 17.1 Å². The molecule has 0 rings (SSSR count). The van der Waals surface area contributed by atoms with Crippen molar-refractivity contribution in [1.29, 1.82) is 0 Å². The van der Waals surface area contributed by atoms with Gasteiger partial charge in [0.2, 0.25) is 0 Å². The van der Waals surface area contributed by atoms with E-state index in [9.17, 15) is 25.2 Å². The van der Waals surface area contributed by atoms with Crippen LogP contribution in [0.3, 0.4) is 0 Å². The van der Waals surface area contributed by atoms with Crippen LogP contribution in [0, 0.1) is 0 Å². The van der Waals surface area contributed by atoms with E-state index in [-0.39, 0.29) is 0 Å². The summed E-state index contributed by atoms with van der Waals surface area (Å²) in [4.78, 5) is 0. The van der Waals surface area contributed by atoms with Crippen molar-refractivity contribution >= 4 is 17.1 Å². The van der Waals surface area contributed by atoms with Crippen LogP contribution >= 0.6 is 6.72 Å². The Balaban J connectivity index is 5.16. The Bertz CT molecular complexity index is 169. The van der Waals surface area contributed by atoms with Gasteiger partial charge in [0.15, 0.2) is 10.4 Å². The molecule has 0 fully saturated rings. The second-order valence-electron chi connectivity index (χ2n) is 1.09.